The van der Waals surface area contributed by atoms with Crippen molar-refractivity contribution in [2.24, 2.45) is 0 Å². The number of methoxy groups -OCH3 is 1. The second-order valence-corrected chi connectivity index (χ2v) is 8.12. The molecule has 2 fully saturated rings. The molecule has 2 aliphatic rings. The highest BCUT2D eigenvalue weighted by atomic mass is 32.2. The van der Waals surface area contributed by atoms with Crippen molar-refractivity contribution in [2.75, 3.05) is 26.9 Å². The van der Waals surface area contributed by atoms with E-state index < -0.39 is 22.3 Å². The lowest BCUT2D eigenvalue weighted by Gasteiger charge is -2.37. The minimum atomic E-state index is -3.78. The highest BCUT2D eigenvalue weighted by Crippen LogP contribution is 2.31. The number of piperidine rings is 1. The average molecular weight is 369 g/mol. The van der Waals surface area contributed by atoms with Gasteiger partial charge in [-0.3, -0.25) is 0 Å². The molecule has 3 rings (SSSR count). The molecule has 0 bridgehead atoms. The van der Waals surface area contributed by atoms with E-state index in [2.05, 4.69) is 0 Å². The third-order valence-corrected chi connectivity index (χ3v) is 6.72. The normalized spacial score (nSPS) is 22.9. The Balaban J connectivity index is 1.97. The summed E-state index contributed by atoms with van der Waals surface area (Å²) in [5.41, 5.74) is 0.804. The molecule has 1 atom stereocenters. The third kappa shape index (κ3) is 3.57. The number of hydrogen-bond donors (Lipinski definition) is 0. The van der Waals surface area contributed by atoms with Crippen molar-refractivity contribution < 1.29 is 27.4 Å². The summed E-state index contributed by atoms with van der Waals surface area (Å²) >= 11 is 0. The van der Waals surface area contributed by atoms with Gasteiger partial charge >= 0.3 is 5.97 Å². The van der Waals surface area contributed by atoms with Gasteiger partial charge in [-0.05, 0) is 37.5 Å². The van der Waals surface area contributed by atoms with Crippen molar-refractivity contribution in [3.8, 4) is 0 Å². The molecule has 2 saturated heterocycles. The SMILES string of the molecule is COC(=O)c1ccc(C)c(S(=O)(=O)N2CCCC[C@H]2C2OCCO2)c1. The Kier molecular flexibility index (Phi) is 5.43. The molecular formula is C17H23NO6S. The smallest absolute Gasteiger partial charge is 0.337 e. The fraction of sp³-hybridized carbons (Fsp3) is 0.588. The van der Waals surface area contributed by atoms with Gasteiger partial charge in [-0.2, -0.15) is 4.31 Å². The van der Waals surface area contributed by atoms with E-state index in [1.54, 1.807) is 19.1 Å². The van der Waals surface area contributed by atoms with Crippen molar-refractivity contribution in [3.63, 3.8) is 0 Å². The molecule has 7 nitrogen and oxygen atoms in total. The summed E-state index contributed by atoms with van der Waals surface area (Å²) in [6.45, 7) is 3.09. The van der Waals surface area contributed by atoms with E-state index in [1.165, 1.54) is 17.5 Å². The van der Waals surface area contributed by atoms with Gasteiger partial charge in [0.05, 0.1) is 36.8 Å². The second kappa shape index (κ2) is 7.41. The molecule has 0 aromatic heterocycles. The molecule has 8 heteroatoms. The lowest BCUT2D eigenvalue weighted by Crippen LogP contribution is -2.50. The molecule has 1 aromatic carbocycles. The van der Waals surface area contributed by atoms with Crippen LogP contribution in [0.15, 0.2) is 23.1 Å². The number of nitrogens with zero attached hydrogens (tertiary/aromatic N) is 1. The summed E-state index contributed by atoms with van der Waals surface area (Å²) in [6.07, 6.45) is 1.89. The predicted molar refractivity (Wildman–Crippen MR) is 89.7 cm³/mol. The fourth-order valence-corrected chi connectivity index (χ4v) is 5.28. The molecule has 2 aliphatic heterocycles. The monoisotopic (exact) mass is 369 g/mol. The van der Waals surface area contributed by atoms with Crippen LogP contribution in [0.4, 0.5) is 0 Å². The summed E-state index contributed by atoms with van der Waals surface area (Å²) in [4.78, 5) is 11.9. The number of carbonyl (C=O) groups excluding carboxylic acids is 1. The van der Waals surface area contributed by atoms with Crippen molar-refractivity contribution in [1.82, 2.24) is 4.31 Å². The number of hydrogen-bond acceptors (Lipinski definition) is 6. The highest BCUT2D eigenvalue weighted by Gasteiger charge is 2.41. The first-order valence-corrected chi connectivity index (χ1v) is 9.83. The molecule has 0 N–H and O–H groups in total. The van der Waals surface area contributed by atoms with Gasteiger partial charge in [0.1, 0.15) is 0 Å². The number of ether oxygens (including phenoxy) is 3. The zero-order valence-corrected chi connectivity index (χ0v) is 15.3. The van der Waals surface area contributed by atoms with Crippen LogP contribution in [0.25, 0.3) is 0 Å². The van der Waals surface area contributed by atoms with Crippen molar-refractivity contribution in [3.05, 3.63) is 29.3 Å². The molecule has 1 aromatic rings. The van der Waals surface area contributed by atoms with Crippen LogP contribution in [0.5, 0.6) is 0 Å². The summed E-state index contributed by atoms with van der Waals surface area (Å²) in [6, 6.07) is 4.23. The highest BCUT2D eigenvalue weighted by molar-refractivity contribution is 7.89. The molecule has 0 aliphatic carbocycles. The topological polar surface area (TPSA) is 82.1 Å². The molecule has 25 heavy (non-hydrogen) atoms. The number of benzene rings is 1. The number of sulfonamides is 1. The van der Waals surface area contributed by atoms with E-state index in [0.29, 0.717) is 31.7 Å². The standard InChI is InChI=1S/C17H23NO6S/c1-12-6-7-13(16(19)22-2)11-15(12)25(20,21)18-8-4-3-5-14(18)17-23-9-10-24-17/h6-7,11,14,17H,3-5,8-10H2,1-2H3/t14-/m0/s1. The molecule has 2 heterocycles. The largest absolute Gasteiger partial charge is 0.465 e. The second-order valence-electron chi connectivity index (χ2n) is 6.26. The van der Waals surface area contributed by atoms with Gasteiger partial charge < -0.3 is 14.2 Å². The Hall–Kier alpha value is -1.48. The van der Waals surface area contributed by atoms with Crippen molar-refractivity contribution in [2.45, 2.75) is 43.4 Å². The van der Waals surface area contributed by atoms with Crippen LogP contribution in [0.1, 0.15) is 35.2 Å². The Morgan fingerprint density at radius 3 is 2.64 bits per heavy atom. The number of esters is 1. The van der Waals surface area contributed by atoms with E-state index in [4.69, 9.17) is 14.2 Å². The lowest BCUT2D eigenvalue weighted by atomic mass is 10.0. The van der Waals surface area contributed by atoms with Crippen LogP contribution in [0.2, 0.25) is 0 Å². The van der Waals surface area contributed by atoms with Gasteiger partial charge in [0.2, 0.25) is 10.0 Å². The zero-order valence-electron chi connectivity index (χ0n) is 14.4. The van der Waals surface area contributed by atoms with E-state index in [-0.39, 0.29) is 16.5 Å². The van der Waals surface area contributed by atoms with Crippen LogP contribution in [-0.2, 0) is 24.2 Å². The van der Waals surface area contributed by atoms with Gasteiger partial charge in [-0.1, -0.05) is 12.5 Å². The summed E-state index contributed by atoms with van der Waals surface area (Å²) in [7, 11) is -2.51. The fourth-order valence-electron chi connectivity index (χ4n) is 3.35. The predicted octanol–water partition coefficient (Wildman–Crippen LogP) is 1.70. The maximum atomic E-state index is 13.3. The molecule has 0 saturated carbocycles. The van der Waals surface area contributed by atoms with Crippen LogP contribution in [0.3, 0.4) is 0 Å². The van der Waals surface area contributed by atoms with Gasteiger partial charge in [-0.25, -0.2) is 13.2 Å². The zero-order chi connectivity index (χ0) is 18.0. The van der Waals surface area contributed by atoms with E-state index >= 15 is 0 Å². The maximum Gasteiger partial charge on any atom is 0.337 e. The summed E-state index contributed by atoms with van der Waals surface area (Å²) in [5.74, 6) is -0.561. The van der Waals surface area contributed by atoms with Gasteiger partial charge in [0, 0.05) is 6.54 Å². The Morgan fingerprint density at radius 1 is 1.24 bits per heavy atom. The number of carbonyl (C=O) groups is 1. The van der Waals surface area contributed by atoms with Crippen molar-refractivity contribution >= 4 is 16.0 Å². The molecule has 0 amide bonds. The summed E-state index contributed by atoms with van der Waals surface area (Å²) < 4.78 is 43.9. The Labute approximate surface area is 147 Å². The molecule has 0 spiro atoms. The lowest BCUT2D eigenvalue weighted by molar-refractivity contribution is -0.0913. The number of aryl methyl sites for hydroxylation is 1. The van der Waals surface area contributed by atoms with Crippen molar-refractivity contribution in [1.29, 1.82) is 0 Å². The van der Waals surface area contributed by atoms with E-state index in [0.717, 1.165) is 12.8 Å². The molecule has 0 radical (unpaired) electrons. The molecular weight excluding hydrogens is 346 g/mol. The summed E-state index contributed by atoms with van der Waals surface area (Å²) in [5, 5.41) is 0. The molecule has 0 unspecified atom stereocenters. The first-order valence-electron chi connectivity index (χ1n) is 8.39. The minimum absolute atomic E-state index is 0.125. The minimum Gasteiger partial charge on any atom is -0.465 e. The van der Waals surface area contributed by atoms with Crippen LogP contribution >= 0.6 is 0 Å². The number of rotatable bonds is 4. The third-order valence-electron chi connectivity index (χ3n) is 4.66. The van der Waals surface area contributed by atoms with Crippen LogP contribution in [0, 0.1) is 6.92 Å². The first-order chi connectivity index (χ1) is 11.9. The van der Waals surface area contributed by atoms with E-state index in [9.17, 15) is 13.2 Å². The maximum absolute atomic E-state index is 13.3. The Bertz CT molecular complexity index is 742. The Morgan fingerprint density at radius 2 is 1.96 bits per heavy atom. The average Bonchev–Trinajstić information content (AvgIpc) is 3.16. The molecule has 138 valence electrons. The van der Waals surface area contributed by atoms with Crippen LogP contribution in [-0.4, -0.2) is 57.9 Å². The van der Waals surface area contributed by atoms with Gasteiger partial charge in [0.15, 0.2) is 6.29 Å². The quantitative estimate of drug-likeness (QED) is 0.752. The van der Waals surface area contributed by atoms with Gasteiger partial charge in [-0.15, -0.1) is 0 Å². The van der Waals surface area contributed by atoms with E-state index in [1.807, 2.05) is 0 Å². The first kappa shape index (κ1) is 18.3. The van der Waals surface area contributed by atoms with Gasteiger partial charge in [0.25, 0.3) is 0 Å². The van der Waals surface area contributed by atoms with Crippen LogP contribution < -0.4 is 0 Å².